The third kappa shape index (κ3) is 3.54. The Labute approximate surface area is 151 Å². The van der Waals surface area contributed by atoms with Gasteiger partial charge in [-0.1, -0.05) is 26.0 Å². The quantitative estimate of drug-likeness (QED) is 0.432. The summed E-state index contributed by atoms with van der Waals surface area (Å²) in [5.74, 6) is -1.25. The monoisotopic (exact) mass is 361 g/mol. The summed E-state index contributed by atoms with van der Waals surface area (Å²) < 4.78 is 10.5. The number of hydrogen-bond acceptors (Lipinski definition) is 7. The highest BCUT2D eigenvalue weighted by molar-refractivity contribution is 6.08. The van der Waals surface area contributed by atoms with Crippen LogP contribution in [0.4, 0.5) is 0 Å². The van der Waals surface area contributed by atoms with E-state index >= 15 is 0 Å². The molecule has 8 nitrogen and oxygen atoms in total. The Morgan fingerprint density at radius 1 is 1.23 bits per heavy atom. The molecule has 0 spiro atoms. The number of rotatable bonds is 6. The third-order valence-corrected chi connectivity index (χ3v) is 4.73. The number of hydrogen-bond donors (Lipinski definition) is 0. The van der Waals surface area contributed by atoms with Gasteiger partial charge in [0, 0.05) is 6.92 Å². The first-order chi connectivity index (χ1) is 12.4. The summed E-state index contributed by atoms with van der Waals surface area (Å²) in [5, 5.41) is 7.45. The number of fused-ring (bicyclic) bond motifs is 1. The smallest absolute Gasteiger partial charge is 0.329 e. The summed E-state index contributed by atoms with van der Waals surface area (Å²) in [5.41, 5.74) is 0. The molecule has 3 atom stereocenters. The highest BCUT2D eigenvalue weighted by Crippen LogP contribution is 2.37. The van der Waals surface area contributed by atoms with Gasteiger partial charge in [0.2, 0.25) is 17.7 Å². The van der Waals surface area contributed by atoms with Gasteiger partial charge in [0.05, 0.1) is 11.8 Å². The number of ether oxygens (including phenoxy) is 1. The second-order valence-electron chi connectivity index (χ2n) is 7.17. The second-order valence-corrected chi connectivity index (χ2v) is 7.17. The van der Waals surface area contributed by atoms with Gasteiger partial charge in [-0.05, 0) is 25.2 Å². The summed E-state index contributed by atoms with van der Waals surface area (Å²) >= 11 is 0. The Hall–Kier alpha value is -2.51. The van der Waals surface area contributed by atoms with Gasteiger partial charge in [-0.2, -0.15) is 0 Å². The third-order valence-electron chi connectivity index (χ3n) is 4.73. The van der Waals surface area contributed by atoms with Crippen LogP contribution in [0.3, 0.4) is 0 Å². The van der Waals surface area contributed by atoms with E-state index in [1.54, 1.807) is 6.92 Å². The van der Waals surface area contributed by atoms with E-state index in [1.165, 1.54) is 0 Å². The molecule has 0 aromatic carbocycles. The van der Waals surface area contributed by atoms with E-state index in [-0.39, 0.29) is 42.1 Å². The molecule has 0 unspecified atom stereocenters. The molecule has 2 aliphatic rings. The maximum absolute atomic E-state index is 12.8. The Morgan fingerprint density at radius 3 is 2.35 bits per heavy atom. The number of esters is 1. The van der Waals surface area contributed by atoms with E-state index in [1.807, 2.05) is 26.0 Å². The Bertz CT molecular complexity index is 713. The predicted molar refractivity (Wildman–Crippen MR) is 89.3 cm³/mol. The van der Waals surface area contributed by atoms with E-state index in [9.17, 15) is 14.4 Å². The first-order valence-electron chi connectivity index (χ1n) is 8.86. The number of nitrogens with zero attached hydrogens (tertiary/aromatic N) is 3. The van der Waals surface area contributed by atoms with Gasteiger partial charge in [0.1, 0.15) is 6.04 Å². The van der Waals surface area contributed by atoms with Gasteiger partial charge in [0.25, 0.3) is 5.89 Å². The summed E-state index contributed by atoms with van der Waals surface area (Å²) in [6.45, 7) is 5.32. The molecule has 8 heteroatoms. The molecule has 1 fully saturated rings. The Balaban J connectivity index is 1.75. The molecule has 2 amide bonds. The number of carbonyl (C=O) groups excluding carboxylic acids is 3. The zero-order valence-electron chi connectivity index (χ0n) is 15.2. The molecule has 26 heavy (non-hydrogen) atoms. The molecular formula is C18H23N3O5. The van der Waals surface area contributed by atoms with Crippen LogP contribution in [-0.2, 0) is 25.7 Å². The maximum Gasteiger partial charge on any atom is 0.329 e. The molecule has 0 saturated carbocycles. The highest BCUT2D eigenvalue weighted by Gasteiger charge is 2.51. The normalized spacial score (nSPS) is 23.5. The lowest BCUT2D eigenvalue weighted by atomic mass is 9.85. The number of aromatic nitrogens is 2. The van der Waals surface area contributed by atoms with Crippen molar-refractivity contribution in [3.05, 3.63) is 23.9 Å². The van der Waals surface area contributed by atoms with Crippen LogP contribution < -0.4 is 0 Å². The molecule has 1 aliphatic heterocycles. The average Bonchev–Trinajstić information content (AvgIpc) is 3.13. The lowest BCUT2D eigenvalue weighted by molar-refractivity contribution is -0.161. The van der Waals surface area contributed by atoms with Crippen molar-refractivity contribution < 1.29 is 23.5 Å². The SMILES string of the molecule is Cc1nnc(COC(=O)[C@@H](CC(C)C)N2C(=O)[C@H]3CC=CC[C@@H]3C2=O)o1. The Kier molecular flexibility index (Phi) is 5.20. The molecule has 0 radical (unpaired) electrons. The predicted octanol–water partition coefficient (Wildman–Crippen LogP) is 1.79. The molecule has 3 rings (SSSR count). The van der Waals surface area contributed by atoms with Gasteiger partial charge in [-0.3, -0.25) is 14.5 Å². The van der Waals surface area contributed by atoms with Gasteiger partial charge >= 0.3 is 5.97 Å². The van der Waals surface area contributed by atoms with Crippen LogP contribution in [-0.4, -0.2) is 38.9 Å². The van der Waals surface area contributed by atoms with Crippen LogP contribution in [0.25, 0.3) is 0 Å². The van der Waals surface area contributed by atoms with E-state index in [0.717, 1.165) is 4.90 Å². The van der Waals surface area contributed by atoms with E-state index in [0.29, 0.717) is 25.2 Å². The molecular weight excluding hydrogens is 338 g/mol. The van der Waals surface area contributed by atoms with Crippen molar-refractivity contribution in [3.8, 4) is 0 Å². The number of aryl methyl sites for hydroxylation is 1. The number of allylic oxidation sites excluding steroid dienone is 2. The zero-order chi connectivity index (χ0) is 18.8. The fraction of sp³-hybridized carbons (Fsp3) is 0.611. The van der Waals surface area contributed by atoms with Gasteiger partial charge in [-0.25, -0.2) is 4.79 Å². The first-order valence-corrected chi connectivity index (χ1v) is 8.86. The molecule has 1 saturated heterocycles. The van der Waals surface area contributed by atoms with Crippen LogP contribution in [0.15, 0.2) is 16.6 Å². The summed E-state index contributed by atoms with van der Waals surface area (Å²) in [6, 6.07) is -0.926. The summed E-state index contributed by atoms with van der Waals surface area (Å²) in [6.07, 6.45) is 5.27. The lowest BCUT2D eigenvalue weighted by Crippen LogP contribution is -2.47. The molecule has 2 heterocycles. The first kappa shape index (κ1) is 18.3. The molecule has 1 aromatic heterocycles. The number of imide groups is 1. The molecule has 1 aliphatic carbocycles. The largest absolute Gasteiger partial charge is 0.454 e. The highest BCUT2D eigenvalue weighted by atomic mass is 16.5. The minimum absolute atomic E-state index is 0.111. The zero-order valence-corrected chi connectivity index (χ0v) is 15.2. The van der Waals surface area contributed by atoms with Crippen LogP contribution in [0, 0.1) is 24.7 Å². The van der Waals surface area contributed by atoms with Crippen LogP contribution in [0.1, 0.15) is 44.9 Å². The van der Waals surface area contributed by atoms with E-state index < -0.39 is 12.0 Å². The number of likely N-dealkylation sites (tertiary alicyclic amines) is 1. The van der Waals surface area contributed by atoms with Crippen molar-refractivity contribution in [2.45, 2.75) is 52.7 Å². The van der Waals surface area contributed by atoms with Gasteiger partial charge in [0.15, 0.2) is 6.61 Å². The van der Waals surface area contributed by atoms with Crippen molar-refractivity contribution >= 4 is 17.8 Å². The number of carbonyl (C=O) groups is 3. The maximum atomic E-state index is 12.8. The molecule has 0 bridgehead atoms. The minimum Gasteiger partial charge on any atom is -0.454 e. The topological polar surface area (TPSA) is 103 Å². The summed E-state index contributed by atoms with van der Waals surface area (Å²) in [7, 11) is 0. The van der Waals surface area contributed by atoms with Crippen molar-refractivity contribution in [2.75, 3.05) is 0 Å². The average molecular weight is 361 g/mol. The van der Waals surface area contributed by atoms with Crippen LogP contribution in [0.2, 0.25) is 0 Å². The van der Waals surface area contributed by atoms with Crippen molar-refractivity contribution in [3.63, 3.8) is 0 Å². The molecule has 0 N–H and O–H groups in total. The number of amides is 2. The van der Waals surface area contributed by atoms with Crippen LogP contribution >= 0.6 is 0 Å². The summed E-state index contributed by atoms with van der Waals surface area (Å²) in [4.78, 5) is 39.4. The van der Waals surface area contributed by atoms with Crippen LogP contribution in [0.5, 0.6) is 0 Å². The van der Waals surface area contributed by atoms with Gasteiger partial charge < -0.3 is 9.15 Å². The second kappa shape index (κ2) is 7.39. The lowest BCUT2D eigenvalue weighted by Gasteiger charge is -2.26. The van der Waals surface area contributed by atoms with E-state index in [4.69, 9.17) is 9.15 Å². The van der Waals surface area contributed by atoms with Crippen molar-refractivity contribution in [1.82, 2.24) is 15.1 Å². The Morgan fingerprint density at radius 2 is 1.85 bits per heavy atom. The molecule has 1 aromatic rings. The van der Waals surface area contributed by atoms with E-state index in [2.05, 4.69) is 10.2 Å². The molecule has 140 valence electrons. The minimum atomic E-state index is -0.926. The fourth-order valence-electron chi connectivity index (χ4n) is 3.51. The fourth-order valence-corrected chi connectivity index (χ4v) is 3.51. The van der Waals surface area contributed by atoms with Gasteiger partial charge in [-0.15, -0.1) is 10.2 Å². The standard InChI is InChI=1S/C18H23N3O5/c1-10(2)8-14(18(24)25-9-15-20-19-11(3)26-15)21-16(22)12-6-4-5-7-13(12)17(21)23/h4-5,10,12-14H,6-9H2,1-3H3/t12-,13-,14+/m0/s1. The van der Waals surface area contributed by atoms with Crippen molar-refractivity contribution in [2.24, 2.45) is 17.8 Å². The van der Waals surface area contributed by atoms with Crippen molar-refractivity contribution in [1.29, 1.82) is 0 Å².